The molecule has 2 unspecified atom stereocenters. The van der Waals surface area contributed by atoms with Crippen LogP contribution in [0.4, 0.5) is 0 Å². The highest BCUT2D eigenvalue weighted by Crippen LogP contribution is 2.35. The van der Waals surface area contributed by atoms with Crippen LogP contribution in [0.3, 0.4) is 0 Å². The number of amides is 1. The molecule has 0 saturated carbocycles. The smallest absolute Gasteiger partial charge is 0.224 e. The lowest BCUT2D eigenvalue weighted by molar-refractivity contribution is -0.132. The first-order valence-corrected chi connectivity index (χ1v) is 8.74. The van der Waals surface area contributed by atoms with Crippen molar-refractivity contribution in [2.75, 3.05) is 6.54 Å². The van der Waals surface area contributed by atoms with E-state index in [1.807, 2.05) is 35.2 Å². The number of hydrogen-bond donors (Lipinski definition) is 1. The third kappa shape index (κ3) is 4.23. The second-order valence-electron chi connectivity index (χ2n) is 6.76. The zero-order valence-corrected chi connectivity index (χ0v) is 15.8. The average molecular weight is 359 g/mol. The summed E-state index contributed by atoms with van der Waals surface area (Å²) in [5.41, 5.74) is 11.1. The van der Waals surface area contributed by atoms with Crippen LogP contribution in [0.15, 0.2) is 48.5 Å². The van der Waals surface area contributed by atoms with E-state index in [2.05, 4.69) is 32.0 Å². The molecule has 0 aliphatic carbocycles. The number of rotatable bonds is 4. The Balaban J connectivity index is 0.00000225. The lowest BCUT2D eigenvalue weighted by Crippen LogP contribution is -2.33. The Bertz CT molecular complexity index is 717. The molecule has 1 saturated heterocycles. The summed E-state index contributed by atoms with van der Waals surface area (Å²) >= 11 is 0. The van der Waals surface area contributed by atoms with Crippen LogP contribution in [-0.2, 0) is 4.79 Å². The van der Waals surface area contributed by atoms with Gasteiger partial charge in [0, 0.05) is 19.0 Å². The molecule has 1 amide bonds. The maximum absolute atomic E-state index is 12.9. The maximum atomic E-state index is 12.9. The van der Waals surface area contributed by atoms with Gasteiger partial charge in [0.1, 0.15) is 0 Å². The molecule has 2 aromatic carbocycles. The fourth-order valence-corrected chi connectivity index (χ4v) is 3.65. The highest BCUT2D eigenvalue weighted by Gasteiger charge is 2.31. The van der Waals surface area contributed by atoms with Gasteiger partial charge in [-0.1, -0.05) is 48.5 Å². The largest absolute Gasteiger partial charge is 0.336 e. The van der Waals surface area contributed by atoms with E-state index in [4.69, 9.17) is 5.73 Å². The Morgan fingerprint density at radius 3 is 2.60 bits per heavy atom. The summed E-state index contributed by atoms with van der Waals surface area (Å²) in [4.78, 5) is 14.9. The first-order chi connectivity index (χ1) is 11.6. The number of nitrogens with zero attached hydrogens (tertiary/aromatic N) is 1. The first-order valence-electron chi connectivity index (χ1n) is 8.74. The number of likely N-dealkylation sites (tertiary alicyclic amines) is 1. The van der Waals surface area contributed by atoms with E-state index < -0.39 is 0 Å². The maximum Gasteiger partial charge on any atom is 0.224 e. The molecule has 3 rings (SSSR count). The van der Waals surface area contributed by atoms with Crippen molar-refractivity contribution < 1.29 is 4.79 Å². The van der Waals surface area contributed by atoms with Gasteiger partial charge in [0.15, 0.2) is 0 Å². The van der Waals surface area contributed by atoms with Crippen LogP contribution in [0.1, 0.15) is 53.6 Å². The van der Waals surface area contributed by atoms with Gasteiger partial charge in [-0.25, -0.2) is 0 Å². The van der Waals surface area contributed by atoms with Crippen LogP contribution in [0.5, 0.6) is 0 Å². The van der Waals surface area contributed by atoms with Crippen molar-refractivity contribution in [2.45, 2.75) is 45.2 Å². The third-order valence-corrected chi connectivity index (χ3v) is 5.20. The molecule has 134 valence electrons. The van der Waals surface area contributed by atoms with Crippen molar-refractivity contribution in [1.82, 2.24) is 4.90 Å². The molecule has 3 nitrogen and oxygen atoms in total. The summed E-state index contributed by atoms with van der Waals surface area (Å²) in [6.07, 6.45) is 2.46. The Morgan fingerprint density at radius 1 is 1.16 bits per heavy atom. The van der Waals surface area contributed by atoms with E-state index in [-0.39, 0.29) is 30.4 Å². The zero-order chi connectivity index (χ0) is 17.1. The van der Waals surface area contributed by atoms with Crippen molar-refractivity contribution >= 4 is 18.3 Å². The first kappa shape index (κ1) is 19.5. The van der Waals surface area contributed by atoms with Crippen LogP contribution >= 0.6 is 12.4 Å². The molecular formula is C21H27ClN2O. The zero-order valence-electron chi connectivity index (χ0n) is 14.9. The summed E-state index contributed by atoms with van der Waals surface area (Å²) in [5.74, 6) is 0.162. The Hall–Kier alpha value is -1.84. The van der Waals surface area contributed by atoms with E-state index in [1.54, 1.807) is 0 Å². The van der Waals surface area contributed by atoms with Gasteiger partial charge in [-0.3, -0.25) is 4.79 Å². The van der Waals surface area contributed by atoms with Crippen LogP contribution in [0.25, 0.3) is 0 Å². The predicted molar refractivity (Wildman–Crippen MR) is 105 cm³/mol. The molecule has 0 bridgehead atoms. The van der Waals surface area contributed by atoms with E-state index in [0.29, 0.717) is 6.42 Å². The molecule has 1 aliphatic rings. The predicted octanol–water partition coefficient (Wildman–Crippen LogP) is 4.48. The molecule has 0 aromatic heterocycles. The molecule has 2 atom stereocenters. The summed E-state index contributed by atoms with van der Waals surface area (Å²) in [6.45, 7) is 5.12. The molecule has 2 N–H and O–H groups in total. The molecule has 4 heteroatoms. The minimum absolute atomic E-state index is 0. The van der Waals surface area contributed by atoms with E-state index >= 15 is 0 Å². The SMILES string of the molecule is Cc1cccc(C2CCCN2C(=O)CC(N)c2ccccc2)c1C.Cl. The Kier molecular flexibility index (Phi) is 6.63. The number of nitrogens with two attached hydrogens (primary N) is 1. The van der Waals surface area contributed by atoms with Gasteiger partial charge in [0.25, 0.3) is 0 Å². The van der Waals surface area contributed by atoms with Crippen molar-refractivity contribution in [3.63, 3.8) is 0 Å². The molecule has 1 fully saturated rings. The van der Waals surface area contributed by atoms with Crippen LogP contribution in [-0.4, -0.2) is 17.4 Å². The van der Waals surface area contributed by atoms with Gasteiger partial charge in [-0.2, -0.15) is 0 Å². The van der Waals surface area contributed by atoms with Gasteiger partial charge >= 0.3 is 0 Å². The molecule has 0 spiro atoms. The normalized spacial score (nSPS) is 17.9. The van der Waals surface area contributed by atoms with Gasteiger partial charge in [0.05, 0.1) is 6.04 Å². The highest BCUT2D eigenvalue weighted by molar-refractivity contribution is 5.85. The molecule has 0 radical (unpaired) electrons. The van der Waals surface area contributed by atoms with Crippen LogP contribution < -0.4 is 5.73 Å². The van der Waals surface area contributed by atoms with Crippen LogP contribution in [0.2, 0.25) is 0 Å². The highest BCUT2D eigenvalue weighted by atomic mass is 35.5. The fraction of sp³-hybridized carbons (Fsp3) is 0.381. The number of aryl methyl sites for hydroxylation is 1. The Morgan fingerprint density at radius 2 is 1.88 bits per heavy atom. The third-order valence-electron chi connectivity index (χ3n) is 5.20. The molecule has 1 heterocycles. The summed E-state index contributed by atoms with van der Waals surface area (Å²) in [7, 11) is 0. The van der Waals surface area contributed by atoms with E-state index in [9.17, 15) is 4.79 Å². The number of benzene rings is 2. The second-order valence-corrected chi connectivity index (χ2v) is 6.76. The second kappa shape index (κ2) is 8.50. The van der Waals surface area contributed by atoms with Gasteiger partial charge in [0.2, 0.25) is 5.91 Å². The summed E-state index contributed by atoms with van der Waals surface area (Å²) < 4.78 is 0. The van der Waals surface area contributed by atoms with Crippen LogP contribution in [0, 0.1) is 13.8 Å². The van der Waals surface area contributed by atoms with Crippen molar-refractivity contribution in [2.24, 2.45) is 5.73 Å². The lowest BCUT2D eigenvalue weighted by atomic mass is 9.95. The van der Waals surface area contributed by atoms with Crippen molar-refractivity contribution in [3.8, 4) is 0 Å². The molecule has 2 aromatic rings. The minimum atomic E-state index is -0.237. The van der Waals surface area contributed by atoms with E-state index in [0.717, 1.165) is 24.9 Å². The molecule has 1 aliphatic heterocycles. The lowest BCUT2D eigenvalue weighted by Gasteiger charge is -2.28. The standard InChI is InChI=1S/C21H26N2O.ClH/c1-15-8-6-11-18(16(15)2)20-12-7-13-23(20)21(24)14-19(22)17-9-4-3-5-10-17;/h3-6,8-11,19-20H,7,12-14,22H2,1-2H3;1H. The number of halogens is 1. The topological polar surface area (TPSA) is 46.3 Å². The minimum Gasteiger partial charge on any atom is -0.336 e. The van der Waals surface area contributed by atoms with E-state index in [1.165, 1.54) is 16.7 Å². The average Bonchev–Trinajstić information content (AvgIpc) is 3.07. The van der Waals surface area contributed by atoms with Gasteiger partial charge in [-0.15, -0.1) is 12.4 Å². The summed E-state index contributed by atoms with van der Waals surface area (Å²) in [6, 6.07) is 16.2. The number of hydrogen-bond acceptors (Lipinski definition) is 2. The monoisotopic (exact) mass is 358 g/mol. The fourth-order valence-electron chi connectivity index (χ4n) is 3.65. The van der Waals surface area contributed by atoms with Gasteiger partial charge < -0.3 is 10.6 Å². The Labute approximate surface area is 156 Å². The molecular weight excluding hydrogens is 332 g/mol. The number of carbonyl (C=O) groups excluding carboxylic acids is 1. The van der Waals surface area contributed by atoms with Crippen molar-refractivity contribution in [1.29, 1.82) is 0 Å². The number of carbonyl (C=O) groups is 1. The quantitative estimate of drug-likeness (QED) is 0.875. The molecule has 25 heavy (non-hydrogen) atoms. The summed E-state index contributed by atoms with van der Waals surface area (Å²) in [5, 5.41) is 0. The van der Waals surface area contributed by atoms with Gasteiger partial charge in [-0.05, 0) is 48.9 Å². The van der Waals surface area contributed by atoms with Crippen molar-refractivity contribution in [3.05, 3.63) is 70.8 Å².